The molecule has 3 rings (SSSR count). The number of nitrogens with one attached hydrogen (secondary N) is 1. The highest BCUT2D eigenvalue weighted by molar-refractivity contribution is 8.00. The molecule has 0 aliphatic carbocycles. The number of Topliss-reactive ketones (excluding diaryl/α,β-unsaturated/α-hetero) is 1. The van der Waals surface area contributed by atoms with Crippen LogP contribution in [0, 0.1) is 0 Å². The van der Waals surface area contributed by atoms with Crippen molar-refractivity contribution in [2.75, 3.05) is 32.4 Å². The van der Waals surface area contributed by atoms with Crippen molar-refractivity contribution in [1.82, 2.24) is 10.2 Å². The number of nitrogens with zero attached hydrogens (tertiary/aromatic N) is 1. The SMILES string of the molecule is CN(CC(=O)C1CNCCS1)C(=O)O[C@@H](Cc1ccccc1)C(=O)OCc1ccccc1. The van der Waals surface area contributed by atoms with Gasteiger partial charge in [-0.25, -0.2) is 9.59 Å². The Morgan fingerprint density at radius 3 is 2.34 bits per heavy atom. The van der Waals surface area contributed by atoms with Gasteiger partial charge in [0.05, 0.1) is 11.8 Å². The first kappa shape index (κ1) is 23.8. The molecule has 1 N–H and O–H groups in total. The number of hydrogen-bond acceptors (Lipinski definition) is 7. The third kappa shape index (κ3) is 7.39. The van der Waals surface area contributed by atoms with Gasteiger partial charge in [0, 0.05) is 32.3 Å². The molecule has 1 aliphatic rings. The smallest absolute Gasteiger partial charge is 0.410 e. The summed E-state index contributed by atoms with van der Waals surface area (Å²) in [5, 5.41) is 3.00. The zero-order valence-electron chi connectivity index (χ0n) is 18.1. The van der Waals surface area contributed by atoms with Crippen LogP contribution in [0.5, 0.6) is 0 Å². The first-order chi connectivity index (χ1) is 15.5. The zero-order chi connectivity index (χ0) is 22.8. The van der Waals surface area contributed by atoms with Crippen LogP contribution >= 0.6 is 11.8 Å². The van der Waals surface area contributed by atoms with Crippen molar-refractivity contribution in [3.8, 4) is 0 Å². The Labute approximate surface area is 192 Å². The van der Waals surface area contributed by atoms with Crippen LogP contribution < -0.4 is 5.32 Å². The topological polar surface area (TPSA) is 84.9 Å². The minimum Gasteiger partial charge on any atom is -0.458 e. The van der Waals surface area contributed by atoms with Crippen LogP contribution in [0.15, 0.2) is 60.7 Å². The van der Waals surface area contributed by atoms with Gasteiger partial charge in [-0.2, -0.15) is 0 Å². The Morgan fingerprint density at radius 2 is 1.72 bits per heavy atom. The molecule has 0 bridgehead atoms. The molecule has 1 heterocycles. The second-order valence-corrected chi connectivity index (χ2v) is 8.85. The molecule has 0 spiro atoms. The molecule has 7 nitrogen and oxygen atoms in total. The third-order valence-corrected chi connectivity index (χ3v) is 6.26. The van der Waals surface area contributed by atoms with Crippen LogP contribution in [0.2, 0.25) is 0 Å². The molecule has 1 fully saturated rings. The van der Waals surface area contributed by atoms with Crippen molar-refractivity contribution in [3.05, 3.63) is 71.8 Å². The van der Waals surface area contributed by atoms with E-state index in [2.05, 4.69) is 5.32 Å². The van der Waals surface area contributed by atoms with E-state index in [-0.39, 0.29) is 30.6 Å². The van der Waals surface area contributed by atoms with Gasteiger partial charge in [0.1, 0.15) is 6.61 Å². The summed E-state index contributed by atoms with van der Waals surface area (Å²) in [6.07, 6.45) is -1.66. The summed E-state index contributed by atoms with van der Waals surface area (Å²) in [6, 6.07) is 18.6. The van der Waals surface area contributed by atoms with E-state index in [1.54, 1.807) is 11.8 Å². The monoisotopic (exact) mass is 456 g/mol. The van der Waals surface area contributed by atoms with Crippen molar-refractivity contribution in [2.45, 2.75) is 24.4 Å². The molecule has 0 aromatic heterocycles. The Morgan fingerprint density at radius 1 is 1.06 bits per heavy atom. The largest absolute Gasteiger partial charge is 0.458 e. The average Bonchev–Trinajstić information content (AvgIpc) is 2.83. The lowest BCUT2D eigenvalue weighted by molar-refractivity contribution is -0.155. The van der Waals surface area contributed by atoms with Gasteiger partial charge in [-0.05, 0) is 11.1 Å². The van der Waals surface area contributed by atoms with E-state index in [1.807, 2.05) is 60.7 Å². The number of rotatable bonds is 9. The molecule has 8 heteroatoms. The van der Waals surface area contributed by atoms with Gasteiger partial charge in [0.15, 0.2) is 5.78 Å². The minimum atomic E-state index is -1.11. The van der Waals surface area contributed by atoms with Crippen LogP contribution in [-0.2, 0) is 32.1 Å². The molecule has 1 saturated heterocycles. The van der Waals surface area contributed by atoms with Gasteiger partial charge in [-0.3, -0.25) is 4.79 Å². The van der Waals surface area contributed by atoms with Crippen LogP contribution in [-0.4, -0.2) is 66.5 Å². The molecular formula is C24H28N2O5S. The second kappa shape index (κ2) is 12.3. The molecule has 1 amide bonds. The summed E-state index contributed by atoms with van der Waals surface area (Å²) >= 11 is 1.59. The number of hydrogen-bond donors (Lipinski definition) is 1. The molecule has 1 aliphatic heterocycles. The maximum atomic E-state index is 12.8. The van der Waals surface area contributed by atoms with Gasteiger partial charge in [0.2, 0.25) is 6.10 Å². The maximum Gasteiger partial charge on any atom is 0.410 e. The number of likely N-dealkylation sites (N-methyl/N-ethyl adjacent to an activating group) is 1. The molecule has 0 radical (unpaired) electrons. The highest BCUT2D eigenvalue weighted by atomic mass is 32.2. The fraction of sp³-hybridized carbons (Fsp3) is 0.375. The normalized spacial score (nSPS) is 16.6. The highest BCUT2D eigenvalue weighted by Crippen LogP contribution is 2.15. The molecule has 1 unspecified atom stereocenters. The van der Waals surface area contributed by atoms with Crippen LogP contribution in [0.3, 0.4) is 0 Å². The van der Waals surface area contributed by atoms with Crippen molar-refractivity contribution in [2.24, 2.45) is 0 Å². The molecule has 2 aromatic carbocycles. The molecule has 170 valence electrons. The number of benzene rings is 2. The van der Waals surface area contributed by atoms with Crippen molar-refractivity contribution < 1.29 is 23.9 Å². The summed E-state index contributed by atoms with van der Waals surface area (Å²) < 4.78 is 10.9. The van der Waals surface area contributed by atoms with E-state index < -0.39 is 18.2 Å². The van der Waals surface area contributed by atoms with E-state index in [1.165, 1.54) is 11.9 Å². The fourth-order valence-corrected chi connectivity index (χ4v) is 4.25. The van der Waals surface area contributed by atoms with E-state index >= 15 is 0 Å². The quantitative estimate of drug-likeness (QED) is 0.581. The maximum absolute atomic E-state index is 12.8. The minimum absolute atomic E-state index is 0.0482. The Kier molecular flexibility index (Phi) is 9.13. The predicted molar refractivity (Wildman–Crippen MR) is 123 cm³/mol. The molecular weight excluding hydrogens is 428 g/mol. The number of ether oxygens (including phenoxy) is 2. The van der Waals surface area contributed by atoms with Crippen LogP contribution in [0.1, 0.15) is 11.1 Å². The molecule has 2 aromatic rings. The number of thioether (sulfide) groups is 1. The van der Waals surface area contributed by atoms with E-state index in [0.29, 0.717) is 6.54 Å². The lowest BCUT2D eigenvalue weighted by atomic mass is 10.1. The highest BCUT2D eigenvalue weighted by Gasteiger charge is 2.29. The molecule has 2 atom stereocenters. The van der Waals surface area contributed by atoms with E-state index in [9.17, 15) is 14.4 Å². The summed E-state index contributed by atoms with van der Waals surface area (Å²) in [7, 11) is 1.50. The summed E-state index contributed by atoms with van der Waals surface area (Å²) in [4.78, 5) is 39.1. The summed E-state index contributed by atoms with van der Waals surface area (Å²) in [6.45, 7) is 1.48. The van der Waals surface area contributed by atoms with Gasteiger partial charge in [-0.1, -0.05) is 60.7 Å². The lowest BCUT2D eigenvalue weighted by Gasteiger charge is -2.25. The third-order valence-electron chi connectivity index (χ3n) is 4.99. The van der Waals surface area contributed by atoms with Crippen molar-refractivity contribution in [3.63, 3.8) is 0 Å². The number of esters is 1. The molecule has 32 heavy (non-hydrogen) atoms. The number of carbonyl (C=O) groups excluding carboxylic acids is 3. The number of carbonyl (C=O) groups is 3. The first-order valence-electron chi connectivity index (χ1n) is 10.5. The van der Waals surface area contributed by atoms with Gasteiger partial charge < -0.3 is 19.7 Å². The van der Waals surface area contributed by atoms with E-state index in [4.69, 9.17) is 9.47 Å². The summed E-state index contributed by atoms with van der Waals surface area (Å²) in [5.74, 6) is 0.183. The number of amides is 1. The molecule has 0 saturated carbocycles. The summed E-state index contributed by atoms with van der Waals surface area (Å²) in [5.41, 5.74) is 1.68. The van der Waals surface area contributed by atoms with Crippen molar-refractivity contribution >= 4 is 29.6 Å². The Balaban J connectivity index is 1.60. The first-order valence-corrected chi connectivity index (χ1v) is 11.6. The standard InChI is InChI=1S/C24H28N2O5S/c1-26(16-20(27)22-15-25-12-13-32-22)24(29)31-21(14-18-8-4-2-5-9-18)23(28)30-17-19-10-6-3-7-11-19/h2-11,21-22,25H,12-17H2,1H3/t21-,22?/m0/s1. The van der Waals surface area contributed by atoms with Gasteiger partial charge in [0.25, 0.3) is 0 Å². The number of ketones is 1. The van der Waals surface area contributed by atoms with E-state index in [0.717, 1.165) is 23.4 Å². The Bertz CT molecular complexity index is 888. The van der Waals surface area contributed by atoms with Gasteiger partial charge in [-0.15, -0.1) is 11.8 Å². The van der Waals surface area contributed by atoms with Crippen LogP contribution in [0.25, 0.3) is 0 Å². The van der Waals surface area contributed by atoms with Crippen LogP contribution in [0.4, 0.5) is 4.79 Å². The average molecular weight is 457 g/mol. The lowest BCUT2D eigenvalue weighted by Crippen LogP contribution is -2.44. The second-order valence-electron chi connectivity index (χ2n) is 7.54. The fourth-order valence-electron chi connectivity index (χ4n) is 3.21. The van der Waals surface area contributed by atoms with Gasteiger partial charge >= 0.3 is 12.1 Å². The Hall–Kier alpha value is -2.84. The predicted octanol–water partition coefficient (Wildman–Crippen LogP) is 2.68. The van der Waals surface area contributed by atoms with Crippen molar-refractivity contribution in [1.29, 1.82) is 0 Å². The zero-order valence-corrected chi connectivity index (χ0v) is 18.9.